The van der Waals surface area contributed by atoms with E-state index in [9.17, 15) is 13.6 Å². The molecule has 4 N–H and O–H groups in total. The molecule has 9 nitrogen and oxygen atoms in total. The average Bonchev–Trinajstić information content (AvgIpc) is 3.35. The van der Waals surface area contributed by atoms with Crippen molar-refractivity contribution in [1.29, 1.82) is 5.41 Å². The Balaban J connectivity index is 1.90. The first-order chi connectivity index (χ1) is 13.8. The first-order valence-corrected chi connectivity index (χ1v) is 9.19. The van der Waals surface area contributed by atoms with Crippen LogP contribution < -0.4 is 5.73 Å². The Kier molecular flexibility index (Phi) is 5.82. The second kappa shape index (κ2) is 8.31. The number of allylic oxidation sites excluding steroid dienone is 1. The largest absolute Gasteiger partial charge is 0.402 e. The molecule has 3 rings (SSSR count). The van der Waals surface area contributed by atoms with Crippen LogP contribution in [0.25, 0.3) is 10.3 Å². The Morgan fingerprint density at radius 1 is 1.55 bits per heavy atom. The van der Waals surface area contributed by atoms with Gasteiger partial charge in [0.05, 0.1) is 35.1 Å². The van der Waals surface area contributed by atoms with Gasteiger partial charge in [0.1, 0.15) is 10.7 Å². The lowest BCUT2D eigenvalue weighted by Gasteiger charge is -2.10. The van der Waals surface area contributed by atoms with Crippen LogP contribution in [-0.2, 0) is 20.0 Å². The highest BCUT2D eigenvalue weighted by Crippen LogP contribution is 2.30. The summed E-state index contributed by atoms with van der Waals surface area (Å²) in [6, 6.07) is 0. The second-order valence-corrected chi connectivity index (χ2v) is 7.23. The molecular formula is C17H18F2N8OS. The molecule has 0 unspecified atom stereocenters. The van der Waals surface area contributed by atoms with E-state index >= 15 is 0 Å². The van der Waals surface area contributed by atoms with E-state index in [0.717, 1.165) is 12.4 Å². The van der Waals surface area contributed by atoms with E-state index in [4.69, 9.17) is 11.1 Å². The minimum atomic E-state index is -0.813. The number of thiazole rings is 1. The van der Waals surface area contributed by atoms with E-state index in [1.54, 1.807) is 18.7 Å². The smallest absolute Gasteiger partial charge is 0.167 e. The van der Waals surface area contributed by atoms with Gasteiger partial charge >= 0.3 is 0 Å². The van der Waals surface area contributed by atoms with Crippen molar-refractivity contribution in [2.75, 3.05) is 7.05 Å². The average molecular weight is 420 g/mol. The number of hydrogen-bond acceptors (Lipinski definition) is 8. The molecule has 0 saturated heterocycles. The molecule has 3 aromatic rings. The van der Waals surface area contributed by atoms with Crippen LogP contribution >= 0.6 is 11.3 Å². The summed E-state index contributed by atoms with van der Waals surface area (Å²) in [4.78, 5) is 16.0. The van der Waals surface area contributed by atoms with Crippen molar-refractivity contribution >= 4 is 39.9 Å². The number of aryl methyl sites for hydroxylation is 1. The van der Waals surface area contributed by atoms with Crippen molar-refractivity contribution in [3.05, 3.63) is 46.0 Å². The van der Waals surface area contributed by atoms with Gasteiger partial charge in [0, 0.05) is 32.3 Å². The molecule has 0 saturated carbocycles. The fourth-order valence-electron chi connectivity index (χ4n) is 2.68. The number of rotatable bonds is 8. The van der Waals surface area contributed by atoms with Crippen LogP contribution in [0.1, 0.15) is 26.8 Å². The van der Waals surface area contributed by atoms with Gasteiger partial charge in [-0.3, -0.25) is 14.9 Å². The summed E-state index contributed by atoms with van der Waals surface area (Å²) in [7, 11) is 3.33. The van der Waals surface area contributed by atoms with Crippen LogP contribution in [0.5, 0.6) is 0 Å². The summed E-state index contributed by atoms with van der Waals surface area (Å²) in [5.41, 5.74) is 6.48. The highest BCUT2D eigenvalue weighted by atomic mass is 32.1. The normalized spacial score (nSPS) is 12.2. The molecule has 3 aromatic heterocycles. The maximum Gasteiger partial charge on any atom is 0.167 e. The minimum absolute atomic E-state index is 0.0236. The van der Waals surface area contributed by atoms with Gasteiger partial charge in [0.2, 0.25) is 0 Å². The molecule has 0 fully saturated rings. The Labute approximate surface area is 168 Å². The van der Waals surface area contributed by atoms with Crippen molar-refractivity contribution in [2.45, 2.75) is 13.0 Å². The summed E-state index contributed by atoms with van der Waals surface area (Å²) in [6.07, 6.45) is 4.05. The lowest BCUT2D eigenvalue weighted by Crippen LogP contribution is -2.12. The maximum atomic E-state index is 13.5. The van der Waals surface area contributed by atoms with Gasteiger partial charge in [0.25, 0.3) is 0 Å². The summed E-state index contributed by atoms with van der Waals surface area (Å²) >= 11 is 1.24. The number of hydrogen-bond donors (Lipinski definition) is 3. The number of H-pyrrole nitrogens is 1. The number of aromatic amines is 1. The van der Waals surface area contributed by atoms with Crippen molar-refractivity contribution in [2.24, 2.45) is 17.9 Å². The highest BCUT2D eigenvalue weighted by Gasteiger charge is 2.19. The first kappa shape index (κ1) is 20.3. The Hall–Kier alpha value is -3.41. The fourth-order valence-corrected chi connectivity index (χ4v) is 3.80. The standard InChI is InChI=1S/C17H18F2N8OS/c1-26(7-13-11(19)6-22-25-13)23-5-9-14(8-28)27(2)17-16(9)29-15(24-17)3-12(21)10(18)4-20/h4-6,8,21H,3,7,20H2,1-2H3,(H,22,25)/b10-4+,21-12?,23-5-. The molecule has 0 aliphatic carbocycles. The Bertz CT molecular complexity index is 1130. The predicted octanol–water partition coefficient (Wildman–Crippen LogP) is 2.11. The molecule has 0 bridgehead atoms. The lowest BCUT2D eigenvalue weighted by atomic mass is 10.2. The Morgan fingerprint density at radius 3 is 2.93 bits per heavy atom. The first-order valence-electron chi connectivity index (χ1n) is 8.37. The van der Waals surface area contributed by atoms with Gasteiger partial charge < -0.3 is 15.7 Å². The third kappa shape index (κ3) is 4.06. The van der Waals surface area contributed by atoms with E-state index < -0.39 is 11.6 Å². The number of halogens is 2. The Morgan fingerprint density at radius 2 is 2.31 bits per heavy atom. The van der Waals surface area contributed by atoms with E-state index in [2.05, 4.69) is 20.3 Å². The zero-order valence-electron chi connectivity index (χ0n) is 15.6. The van der Waals surface area contributed by atoms with E-state index in [1.807, 2.05) is 0 Å². The lowest BCUT2D eigenvalue weighted by molar-refractivity contribution is 0.111. The summed E-state index contributed by atoms with van der Waals surface area (Å²) in [5.74, 6) is -1.28. The topological polar surface area (TPSA) is 129 Å². The number of carbonyl (C=O) groups is 1. The molecule has 0 radical (unpaired) electrons. The SMILES string of the molecule is CN(Cc1n[nH]cc1F)/N=C\c1c(C=O)n(C)c2nc(CC(=N)/C(F)=C\N)sc12. The summed E-state index contributed by atoms with van der Waals surface area (Å²) in [5, 5.41) is 20.2. The number of aromatic nitrogens is 4. The molecule has 29 heavy (non-hydrogen) atoms. The van der Waals surface area contributed by atoms with Gasteiger partial charge in [-0.2, -0.15) is 10.2 Å². The van der Waals surface area contributed by atoms with Crippen molar-refractivity contribution in [1.82, 2.24) is 24.8 Å². The maximum absolute atomic E-state index is 13.5. The zero-order valence-corrected chi connectivity index (χ0v) is 16.4. The van der Waals surface area contributed by atoms with Crippen LogP contribution in [0.4, 0.5) is 8.78 Å². The van der Waals surface area contributed by atoms with Crippen molar-refractivity contribution < 1.29 is 13.6 Å². The van der Waals surface area contributed by atoms with E-state index in [0.29, 0.717) is 32.9 Å². The number of nitrogens with zero attached hydrogens (tertiary/aromatic N) is 5. The second-order valence-electron chi connectivity index (χ2n) is 6.15. The number of nitrogens with one attached hydrogen (secondary N) is 2. The molecule has 0 aliphatic rings. The van der Waals surface area contributed by atoms with Gasteiger partial charge in [-0.05, 0) is 0 Å². The molecule has 152 valence electrons. The van der Waals surface area contributed by atoms with Crippen LogP contribution in [0.2, 0.25) is 0 Å². The molecular weight excluding hydrogens is 402 g/mol. The highest BCUT2D eigenvalue weighted by molar-refractivity contribution is 7.19. The van der Waals surface area contributed by atoms with E-state index in [1.165, 1.54) is 22.6 Å². The molecule has 0 amide bonds. The third-order valence-corrected chi connectivity index (χ3v) is 5.23. The van der Waals surface area contributed by atoms with Gasteiger partial charge in [0.15, 0.2) is 23.6 Å². The summed E-state index contributed by atoms with van der Waals surface area (Å²) < 4.78 is 29.2. The predicted molar refractivity (Wildman–Crippen MR) is 106 cm³/mol. The quantitative estimate of drug-likeness (QED) is 0.292. The number of hydrazone groups is 1. The molecule has 3 heterocycles. The fraction of sp³-hybridized carbons (Fsp3) is 0.235. The van der Waals surface area contributed by atoms with Crippen LogP contribution in [0.3, 0.4) is 0 Å². The zero-order chi connectivity index (χ0) is 21.1. The monoisotopic (exact) mass is 420 g/mol. The van der Waals surface area contributed by atoms with Crippen molar-refractivity contribution in [3.8, 4) is 0 Å². The minimum Gasteiger partial charge on any atom is -0.402 e. The molecule has 0 spiro atoms. The van der Waals surface area contributed by atoms with Crippen molar-refractivity contribution in [3.63, 3.8) is 0 Å². The molecule has 0 aliphatic heterocycles. The van der Waals surface area contributed by atoms with Gasteiger partial charge in [-0.25, -0.2) is 13.8 Å². The van der Waals surface area contributed by atoms with Crippen LogP contribution in [0, 0.1) is 11.2 Å². The molecule has 0 aromatic carbocycles. The number of carbonyl (C=O) groups excluding carboxylic acids is 1. The van der Waals surface area contributed by atoms with E-state index in [-0.39, 0.29) is 24.4 Å². The van der Waals surface area contributed by atoms with Crippen LogP contribution in [-0.4, -0.2) is 50.0 Å². The number of aldehydes is 1. The van der Waals surface area contributed by atoms with Gasteiger partial charge in [-0.1, -0.05) is 0 Å². The molecule has 12 heteroatoms. The number of nitrogens with two attached hydrogens (primary N) is 1. The third-order valence-electron chi connectivity index (χ3n) is 4.16. The summed E-state index contributed by atoms with van der Waals surface area (Å²) in [6.45, 7) is 0.133. The van der Waals surface area contributed by atoms with Crippen LogP contribution in [0.15, 0.2) is 23.3 Å². The molecule has 0 atom stereocenters. The van der Waals surface area contributed by atoms with Gasteiger partial charge in [-0.15, -0.1) is 11.3 Å². The number of fused-ring (bicyclic) bond motifs is 1.